The van der Waals surface area contributed by atoms with E-state index in [2.05, 4.69) is 6.92 Å². The monoisotopic (exact) mass is 332 g/mol. The van der Waals surface area contributed by atoms with Crippen molar-refractivity contribution in [3.8, 4) is 5.75 Å². The highest BCUT2D eigenvalue weighted by Gasteiger charge is 2.08. The number of ether oxygens (including phenoxy) is 1. The predicted octanol–water partition coefficient (Wildman–Crippen LogP) is 5.47. The Bertz CT molecular complexity index is 438. The van der Waals surface area contributed by atoms with E-state index >= 15 is 0 Å². The number of carboxylic acid groups (broad SMARTS) is 1. The van der Waals surface area contributed by atoms with Crippen molar-refractivity contribution in [2.75, 3.05) is 6.61 Å². The van der Waals surface area contributed by atoms with E-state index in [0.717, 1.165) is 18.9 Å². The van der Waals surface area contributed by atoms with Crippen LogP contribution in [0.15, 0.2) is 18.2 Å². The van der Waals surface area contributed by atoms with E-state index in [1.165, 1.54) is 50.7 Å². The molecule has 1 aromatic carbocycles. The molecule has 0 aliphatic carbocycles. The van der Waals surface area contributed by atoms with E-state index in [0.29, 0.717) is 6.61 Å². The number of unbranched alkanes of at least 4 members (excludes halogenated alkanes) is 7. The number of halogens is 2. The zero-order valence-corrected chi connectivity index (χ0v) is 14.0. The Balaban J connectivity index is 0.00000441. The molecule has 0 spiro atoms. The highest BCUT2D eigenvalue weighted by Crippen LogP contribution is 2.19. The van der Waals surface area contributed by atoms with Crippen molar-refractivity contribution in [2.45, 2.75) is 58.3 Å². The van der Waals surface area contributed by atoms with Crippen LogP contribution in [0.2, 0.25) is 0 Å². The number of carboxylic acids is 1. The number of rotatable bonds is 11. The number of hydrogen-bond acceptors (Lipinski definition) is 2. The summed E-state index contributed by atoms with van der Waals surface area (Å²) in [7, 11) is 0. The first-order chi connectivity index (χ1) is 10.1. The van der Waals surface area contributed by atoms with Crippen LogP contribution in [0, 0.1) is 5.82 Å². The third-order valence-electron chi connectivity index (χ3n) is 3.43. The average Bonchev–Trinajstić information content (AvgIpc) is 2.46. The largest absolute Gasteiger partial charge is 0.491 e. The molecule has 0 aliphatic heterocycles. The third kappa shape index (κ3) is 8.23. The van der Waals surface area contributed by atoms with Crippen LogP contribution in [-0.4, -0.2) is 17.7 Å². The van der Waals surface area contributed by atoms with Crippen LogP contribution >= 0.6 is 12.4 Å². The van der Waals surface area contributed by atoms with Crippen LogP contribution < -0.4 is 4.74 Å². The second kappa shape index (κ2) is 12.3. The van der Waals surface area contributed by atoms with Gasteiger partial charge in [0, 0.05) is 0 Å². The lowest BCUT2D eigenvalue weighted by molar-refractivity contribution is 0.0696. The van der Waals surface area contributed by atoms with Gasteiger partial charge in [0.05, 0.1) is 12.2 Å². The molecule has 1 rings (SSSR count). The van der Waals surface area contributed by atoms with Crippen LogP contribution in [0.5, 0.6) is 5.75 Å². The molecule has 0 atom stereocenters. The summed E-state index contributed by atoms with van der Waals surface area (Å²) in [6.45, 7) is 2.68. The van der Waals surface area contributed by atoms with Gasteiger partial charge in [-0.2, -0.15) is 0 Å². The molecule has 5 heteroatoms. The fourth-order valence-corrected chi connectivity index (χ4v) is 2.17. The summed E-state index contributed by atoms with van der Waals surface area (Å²) in [4.78, 5) is 10.7. The Morgan fingerprint density at radius 1 is 1.09 bits per heavy atom. The third-order valence-corrected chi connectivity index (χ3v) is 3.43. The molecule has 0 saturated carbocycles. The van der Waals surface area contributed by atoms with E-state index in [1.807, 2.05) is 0 Å². The van der Waals surface area contributed by atoms with Gasteiger partial charge in [0.2, 0.25) is 0 Å². The van der Waals surface area contributed by atoms with Gasteiger partial charge in [0.1, 0.15) is 0 Å². The number of carbonyl (C=O) groups is 1. The van der Waals surface area contributed by atoms with Crippen molar-refractivity contribution in [1.29, 1.82) is 0 Å². The molecule has 0 aliphatic rings. The van der Waals surface area contributed by atoms with Crippen LogP contribution in [0.25, 0.3) is 0 Å². The summed E-state index contributed by atoms with van der Waals surface area (Å²) in [6.07, 6.45) is 9.60. The van der Waals surface area contributed by atoms with Gasteiger partial charge in [0.25, 0.3) is 0 Å². The minimum atomic E-state index is -1.14. The second-order valence-electron chi connectivity index (χ2n) is 5.27. The maximum Gasteiger partial charge on any atom is 0.335 e. The Hall–Kier alpha value is -1.29. The summed E-state index contributed by atoms with van der Waals surface area (Å²) in [5.41, 5.74) is -0.0630. The Labute approximate surface area is 138 Å². The molecule has 0 fully saturated rings. The van der Waals surface area contributed by atoms with Gasteiger partial charge in [-0.05, 0) is 24.6 Å². The summed E-state index contributed by atoms with van der Waals surface area (Å²) >= 11 is 0. The Kier molecular flexibility index (Phi) is 11.6. The van der Waals surface area contributed by atoms with Crippen LogP contribution in [-0.2, 0) is 0 Å². The first-order valence-corrected chi connectivity index (χ1v) is 7.80. The van der Waals surface area contributed by atoms with E-state index in [-0.39, 0.29) is 23.7 Å². The summed E-state index contributed by atoms with van der Waals surface area (Å²) in [5.74, 6) is -1.62. The van der Waals surface area contributed by atoms with Crippen molar-refractivity contribution < 1.29 is 19.0 Å². The number of hydrogen-bond donors (Lipinski definition) is 1. The van der Waals surface area contributed by atoms with Gasteiger partial charge in [-0.15, -0.1) is 12.4 Å². The molecule has 0 heterocycles. The Morgan fingerprint density at radius 3 is 2.23 bits per heavy atom. The number of benzene rings is 1. The molecular formula is C17H26ClFO3. The summed E-state index contributed by atoms with van der Waals surface area (Å²) < 4.78 is 18.9. The predicted molar refractivity (Wildman–Crippen MR) is 88.7 cm³/mol. The standard InChI is InChI=1S/C17H25FO3.ClH/c1-2-3-4-5-6-7-8-9-12-21-16-11-10-14(17(19)20)13-15(16)18;/h10-11,13H,2-9,12H2,1H3,(H,19,20);1H. The lowest BCUT2D eigenvalue weighted by Gasteiger charge is -2.07. The normalized spacial score (nSPS) is 10.1. The lowest BCUT2D eigenvalue weighted by atomic mass is 10.1. The molecule has 0 bridgehead atoms. The minimum absolute atomic E-state index is 0. The van der Waals surface area contributed by atoms with Crippen molar-refractivity contribution in [3.63, 3.8) is 0 Å². The van der Waals surface area contributed by atoms with Crippen LogP contribution in [0.3, 0.4) is 0 Å². The van der Waals surface area contributed by atoms with Gasteiger partial charge >= 0.3 is 5.97 Å². The fourth-order valence-electron chi connectivity index (χ4n) is 2.17. The first-order valence-electron chi connectivity index (χ1n) is 7.80. The molecule has 0 saturated heterocycles. The van der Waals surface area contributed by atoms with Gasteiger partial charge < -0.3 is 9.84 Å². The smallest absolute Gasteiger partial charge is 0.335 e. The molecule has 0 radical (unpaired) electrons. The van der Waals surface area contributed by atoms with E-state index in [9.17, 15) is 9.18 Å². The van der Waals surface area contributed by atoms with Crippen molar-refractivity contribution in [1.82, 2.24) is 0 Å². The van der Waals surface area contributed by atoms with E-state index in [1.54, 1.807) is 0 Å². The minimum Gasteiger partial charge on any atom is -0.491 e. The SMILES string of the molecule is CCCCCCCCCCOc1ccc(C(=O)O)cc1F.Cl. The first kappa shape index (κ1) is 20.7. The summed E-state index contributed by atoms with van der Waals surface area (Å²) in [5, 5.41) is 8.74. The molecule has 0 aromatic heterocycles. The van der Waals surface area contributed by atoms with Crippen molar-refractivity contribution >= 4 is 18.4 Å². The van der Waals surface area contributed by atoms with Gasteiger partial charge in [-0.3, -0.25) is 0 Å². The maximum atomic E-state index is 13.6. The van der Waals surface area contributed by atoms with Crippen molar-refractivity contribution in [2.24, 2.45) is 0 Å². The van der Waals surface area contributed by atoms with E-state index in [4.69, 9.17) is 9.84 Å². The maximum absolute atomic E-state index is 13.6. The highest BCUT2D eigenvalue weighted by atomic mass is 35.5. The van der Waals surface area contributed by atoms with Gasteiger partial charge in [0.15, 0.2) is 11.6 Å². The Morgan fingerprint density at radius 2 is 1.68 bits per heavy atom. The molecule has 3 nitrogen and oxygen atoms in total. The molecule has 1 aromatic rings. The van der Waals surface area contributed by atoms with E-state index < -0.39 is 11.8 Å². The zero-order chi connectivity index (χ0) is 15.5. The molecule has 0 unspecified atom stereocenters. The molecule has 22 heavy (non-hydrogen) atoms. The van der Waals surface area contributed by atoms with Crippen molar-refractivity contribution in [3.05, 3.63) is 29.6 Å². The van der Waals surface area contributed by atoms with Gasteiger partial charge in [-0.25, -0.2) is 9.18 Å². The van der Waals surface area contributed by atoms with Crippen LogP contribution in [0.4, 0.5) is 4.39 Å². The number of aromatic carboxylic acids is 1. The molecule has 0 amide bonds. The average molecular weight is 333 g/mol. The zero-order valence-electron chi connectivity index (χ0n) is 13.1. The van der Waals surface area contributed by atoms with Gasteiger partial charge in [-0.1, -0.05) is 51.9 Å². The second-order valence-corrected chi connectivity index (χ2v) is 5.27. The highest BCUT2D eigenvalue weighted by molar-refractivity contribution is 5.87. The van der Waals surface area contributed by atoms with Crippen LogP contribution in [0.1, 0.15) is 68.6 Å². The lowest BCUT2D eigenvalue weighted by Crippen LogP contribution is -2.02. The molecule has 126 valence electrons. The summed E-state index contributed by atoms with van der Waals surface area (Å²) in [6, 6.07) is 3.73. The molecular weight excluding hydrogens is 307 g/mol. The topological polar surface area (TPSA) is 46.5 Å². The fraction of sp³-hybridized carbons (Fsp3) is 0.588. The quantitative estimate of drug-likeness (QED) is 0.547. The molecule has 1 N–H and O–H groups in total.